The van der Waals surface area contributed by atoms with Crippen molar-refractivity contribution in [1.29, 1.82) is 0 Å². The van der Waals surface area contributed by atoms with Gasteiger partial charge in [-0.2, -0.15) is 0 Å². The summed E-state index contributed by atoms with van der Waals surface area (Å²) in [4.78, 5) is 0.454. The molecule has 2 atom stereocenters. The van der Waals surface area contributed by atoms with Crippen LogP contribution in [-0.4, -0.2) is 26.4 Å². The Morgan fingerprint density at radius 3 is 2.63 bits per heavy atom. The lowest BCUT2D eigenvalue weighted by Crippen LogP contribution is -2.06. The number of hydrogen-bond acceptors (Lipinski definition) is 3. The fourth-order valence-electron chi connectivity index (χ4n) is 2.38. The molecule has 2 rings (SSSR count). The van der Waals surface area contributed by atoms with Crippen molar-refractivity contribution in [3.8, 4) is 0 Å². The zero-order valence-electron chi connectivity index (χ0n) is 11.6. The molecule has 0 spiro atoms. The first-order chi connectivity index (χ1) is 9.06. The lowest BCUT2D eigenvalue weighted by molar-refractivity contribution is 0.360. The molecular formula is C15H22O3S. The molecule has 1 fully saturated rings. The standard InChI is InChI=1S/C15H22O3S/c1-3-10-19(16,17)13-7-5-6-12(11-13)8-9-15-14(4-2)18-15/h5-7,11,14-15H,3-4,8-10H2,1-2H3. The topological polar surface area (TPSA) is 46.7 Å². The van der Waals surface area contributed by atoms with Crippen LogP contribution in [0.3, 0.4) is 0 Å². The van der Waals surface area contributed by atoms with Gasteiger partial charge < -0.3 is 4.74 Å². The van der Waals surface area contributed by atoms with Crippen LogP contribution >= 0.6 is 0 Å². The molecule has 1 aliphatic rings. The normalized spacial score (nSPS) is 22.4. The highest BCUT2D eigenvalue weighted by molar-refractivity contribution is 7.91. The van der Waals surface area contributed by atoms with E-state index in [1.54, 1.807) is 6.07 Å². The molecule has 2 unspecified atom stereocenters. The van der Waals surface area contributed by atoms with Gasteiger partial charge in [-0.3, -0.25) is 0 Å². The van der Waals surface area contributed by atoms with Gasteiger partial charge in [-0.25, -0.2) is 8.42 Å². The zero-order chi connectivity index (χ0) is 13.9. The maximum atomic E-state index is 12.0. The minimum atomic E-state index is -3.10. The second kappa shape index (κ2) is 6.06. The molecule has 0 radical (unpaired) electrons. The van der Waals surface area contributed by atoms with Gasteiger partial charge in [0.05, 0.1) is 22.9 Å². The molecule has 19 heavy (non-hydrogen) atoms. The molecular weight excluding hydrogens is 260 g/mol. The summed E-state index contributed by atoms with van der Waals surface area (Å²) < 4.78 is 29.5. The van der Waals surface area contributed by atoms with Crippen molar-refractivity contribution in [2.24, 2.45) is 0 Å². The maximum Gasteiger partial charge on any atom is 0.178 e. The van der Waals surface area contributed by atoms with Gasteiger partial charge in [0.25, 0.3) is 0 Å². The Labute approximate surface area is 115 Å². The molecule has 1 heterocycles. The molecule has 1 aliphatic heterocycles. The van der Waals surface area contributed by atoms with Crippen LogP contribution < -0.4 is 0 Å². The summed E-state index contributed by atoms with van der Waals surface area (Å²) in [6.45, 7) is 4.01. The molecule has 0 bridgehead atoms. The number of epoxide rings is 1. The van der Waals surface area contributed by atoms with E-state index in [1.165, 1.54) is 0 Å². The van der Waals surface area contributed by atoms with Gasteiger partial charge in [0.2, 0.25) is 0 Å². The van der Waals surface area contributed by atoms with Crippen LogP contribution in [0.5, 0.6) is 0 Å². The van der Waals surface area contributed by atoms with Crippen LogP contribution in [0, 0.1) is 0 Å². The molecule has 3 nitrogen and oxygen atoms in total. The molecule has 1 saturated heterocycles. The number of benzene rings is 1. The molecule has 106 valence electrons. The van der Waals surface area contributed by atoms with Gasteiger partial charge in [-0.15, -0.1) is 0 Å². The highest BCUT2D eigenvalue weighted by Crippen LogP contribution is 2.29. The van der Waals surface area contributed by atoms with Crippen LogP contribution in [-0.2, 0) is 21.0 Å². The number of sulfone groups is 1. The Kier molecular flexibility index (Phi) is 4.63. The van der Waals surface area contributed by atoms with Crippen molar-refractivity contribution >= 4 is 9.84 Å². The molecule has 0 N–H and O–H groups in total. The molecule has 0 amide bonds. The Hall–Kier alpha value is -0.870. The second-order valence-electron chi connectivity index (χ2n) is 5.13. The van der Waals surface area contributed by atoms with E-state index in [-0.39, 0.29) is 5.75 Å². The Morgan fingerprint density at radius 1 is 1.21 bits per heavy atom. The predicted molar refractivity (Wildman–Crippen MR) is 76.1 cm³/mol. The summed E-state index contributed by atoms with van der Waals surface area (Å²) in [6.07, 6.45) is 4.38. The van der Waals surface area contributed by atoms with E-state index < -0.39 is 9.84 Å². The number of aryl methyl sites for hydroxylation is 1. The van der Waals surface area contributed by atoms with E-state index in [2.05, 4.69) is 6.92 Å². The summed E-state index contributed by atoms with van der Waals surface area (Å²) in [5.41, 5.74) is 1.09. The summed E-state index contributed by atoms with van der Waals surface area (Å²) in [5.74, 6) is 0.222. The summed E-state index contributed by atoms with van der Waals surface area (Å²) >= 11 is 0. The highest BCUT2D eigenvalue weighted by atomic mass is 32.2. The Morgan fingerprint density at radius 2 is 2.00 bits per heavy atom. The van der Waals surface area contributed by atoms with E-state index in [0.717, 1.165) is 24.8 Å². The van der Waals surface area contributed by atoms with E-state index in [0.29, 0.717) is 23.5 Å². The molecule has 0 saturated carbocycles. The maximum absolute atomic E-state index is 12.0. The molecule has 4 heteroatoms. The number of hydrogen-bond donors (Lipinski definition) is 0. The number of ether oxygens (including phenoxy) is 1. The van der Waals surface area contributed by atoms with Crippen molar-refractivity contribution in [2.45, 2.75) is 56.6 Å². The summed E-state index contributed by atoms with van der Waals surface area (Å²) in [7, 11) is -3.10. The third-order valence-corrected chi connectivity index (χ3v) is 5.46. The van der Waals surface area contributed by atoms with Crippen molar-refractivity contribution < 1.29 is 13.2 Å². The molecule has 0 aromatic heterocycles. The quantitative estimate of drug-likeness (QED) is 0.722. The SMILES string of the molecule is CCCS(=O)(=O)c1cccc(CCC2OC2CC)c1. The first-order valence-corrected chi connectivity index (χ1v) is 8.69. The third-order valence-electron chi connectivity index (χ3n) is 3.54. The zero-order valence-corrected chi connectivity index (χ0v) is 12.4. The van der Waals surface area contributed by atoms with Gasteiger partial charge in [0.15, 0.2) is 9.84 Å². The minimum absolute atomic E-state index is 0.222. The monoisotopic (exact) mass is 282 g/mol. The first-order valence-electron chi connectivity index (χ1n) is 7.04. The van der Waals surface area contributed by atoms with Gasteiger partial charge in [0, 0.05) is 0 Å². The van der Waals surface area contributed by atoms with E-state index in [1.807, 2.05) is 25.1 Å². The van der Waals surface area contributed by atoms with E-state index >= 15 is 0 Å². The van der Waals surface area contributed by atoms with Crippen LogP contribution in [0.25, 0.3) is 0 Å². The van der Waals surface area contributed by atoms with Gasteiger partial charge in [-0.1, -0.05) is 26.0 Å². The Bertz CT molecular complexity index is 522. The van der Waals surface area contributed by atoms with E-state index in [4.69, 9.17) is 4.74 Å². The lowest BCUT2D eigenvalue weighted by Gasteiger charge is -2.05. The third kappa shape index (κ3) is 3.80. The first kappa shape index (κ1) is 14.5. The van der Waals surface area contributed by atoms with Crippen LogP contribution in [0.2, 0.25) is 0 Å². The van der Waals surface area contributed by atoms with Crippen LogP contribution in [0.1, 0.15) is 38.7 Å². The van der Waals surface area contributed by atoms with Crippen molar-refractivity contribution in [2.75, 3.05) is 5.75 Å². The largest absolute Gasteiger partial charge is 0.370 e. The summed E-state index contributed by atoms with van der Waals surface area (Å²) in [5, 5.41) is 0. The van der Waals surface area contributed by atoms with Crippen molar-refractivity contribution in [3.05, 3.63) is 29.8 Å². The lowest BCUT2D eigenvalue weighted by atomic mass is 10.1. The minimum Gasteiger partial charge on any atom is -0.370 e. The fraction of sp³-hybridized carbons (Fsp3) is 0.600. The smallest absolute Gasteiger partial charge is 0.178 e. The number of rotatable bonds is 7. The average Bonchev–Trinajstić information content (AvgIpc) is 3.15. The Balaban J connectivity index is 1.99. The van der Waals surface area contributed by atoms with Gasteiger partial charge >= 0.3 is 0 Å². The van der Waals surface area contributed by atoms with Crippen LogP contribution in [0.4, 0.5) is 0 Å². The van der Waals surface area contributed by atoms with Crippen molar-refractivity contribution in [3.63, 3.8) is 0 Å². The van der Waals surface area contributed by atoms with Gasteiger partial charge in [-0.05, 0) is 43.4 Å². The van der Waals surface area contributed by atoms with Gasteiger partial charge in [0.1, 0.15) is 0 Å². The molecule has 1 aromatic rings. The van der Waals surface area contributed by atoms with E-state index in [9.17, 15) is 8.42 Å². The molecule has 1 aromatic carbocycles. The average molecular weight is 282 g/mol. The second-order valence-corrected chi connectivity index (χ2v) is 7.24. The van der Waals surface area contributed by atoms with Crippen LogP contribution in [0.15, 0.2) is 29.2 Å². The predicted octanol–water partition coefficient (Wildman–Crippen LogP) is 2.98. The molecule has 0 aliphatic carbocycles. The van der Waals surface area contributed by atoms with Crippen molar-refractivity contribution in [1.82, 2.24) is 0 Å². The summed E-state index contributed by atoms with van der Waals surface area (Å²) in [6, 6.07) is 7.34. The fourth-order valence-corrected chi connectivity index (χ4v) is 3.77. The highest BCUT2D eigenvalue weighted by Gasteiger charge is 2.35.